The average Bonchev–Trinajstić information content (AvgIpc) is 3.36. The van der Waals surface area contributed by atoms with E-state index in [1.807, 2.05) is 36.4 Å². The highest BCUT2D eigenvalue weighted by molar-refractivity contribution is 6.35. The first kappa shape index (κ1) is 25.0. The van der Waals surface area contributed by atoms with E-state index in [4.69, 9.17) is 16.3 Å². The zero-order chi connectivity index (χ0) is 24.9. The van der Waals surface area contributed by atoms with Crippen LogP contribution in [0, 0.1) is 0 Å². The summed E-state index contributed by atoms with van der Waals surface area (Å²) < 4.78 is 5.04. The predicted octanol–water partition coefficient (Wildman–Crippen LogP) is 3.03. The molecule has 35 heavy (non-hydrogen) atoms. The molecule has 0 aromatic heterocycles. The van der Waals surface area contributed by atoms with Gasteiger partial charge in [0, 0.05) is 51.7 Å². The zero-order valence-corrected chi connectivity index (χ0v) is 21.0. The third-order valence-electron chi connectivity index (χ3n) is 6.57. The van der Waals surface area contributed by atoms with Gasteiger partial charge in [0.15, 0.2) is 0 Å². The highest BCUT2D eigenvalue weighted by atomic mass is 35.5. The number of halogens is 1. The van der Waals surface area contributed by atoms with Crippen LogP contribution in [0.1, 0.15) is 28.8 Å². The van der Waals surface area contributed by atoms with Crippen LogP contribution in [0.5, 0.6) is 0 Å². The summed E-state index contributed by atoms with van der Waals surface area (Å²) in [6.45, 7) is 2.81. The second-order valence-corrected chi connectivity index (χ2v) is 9.34. The van der Waals surface area contributed by atoms with Gasteiger partial charge in [-0.15, -0.1) is 0 Å². The lowest BCUT2D eigenvalue weighted by Crippen LogP contribution is -2.45. The van der Waals surface area contributed by atoms with Crippen molar-refractivity contribution in [3.05, 3.63) is 58.6 Å². The number of likely N-dealkylation sites (N-methyl/N-ethyl adjacent to an activating group) is 1. The molecule has 186 valence electrons. The van der Waals surface area contributed by atoms with Gasteiger partial charge in [-0.1, -0.05) is 29.8 Å². The summed E-state index contributed by atoms with van der Waals surface area (Å²) in [4.78, 5) is 46.3. The van der Waals surface area contributed by atoms with Gasteiger partial charge in [0.05, 0.1) is 17.2 Å². The number of carbonyl (C=O) groups is 3. The summed E-state index contributed by atoms with van der Waals surface area (Å²) in [5.41, 5.74) is 2.79. The number of rotatable bonds is 7. The molecule has 9 heteroatoms. The van der Waals surface area contributed by atoms with Crippen molar-refractivity contribution in [3.8, 4) is 0 Å². The number of methoxy groups -OCH3 is 1. The van der Waals surface area contributed by atoms with Crippen LogP contribution in [-0.2, 0) is 20.9 Å². The third-order valence-corrected chi connectivity index (χ3v) is 6.88. The molecule has 2 aromatic carbocycles. The topological polar surface area (TPSA) is 73.4 Å². The Morgan fingerprint density at radius 1 is 1.09 bits per heavy atom. The highest BCUT2D eigenvalue weighted by Crippen LogP contribution is 2.31. The smallest absolute Gasteiger partial charge is 0.260 e. The van der Waals surface area contributed by atoms with Gasteiger partial charge in [-0.2, -0.15) is 0 Å². The summed E-state index contributed by atoms with van der Waals surface area (Å²) >= 11 is 6.57. The van der Waals surface area contributed by atoms with Gasteiger partial charge in [0.1, 0.15) is 13.1 Å². The van der Waals surface area contributed by atoms with Crippen LogP contribution < -0.4 is 9.80 Å². The number of carbonyl (C=O) groups excluding carboxylic acids is 3. The van der Waals surface area contributed by atoms with Crippen LogP contribution in [0.15, 0.2) is 42.5 Å². The van der Waals surface area contributed by atoms with Gasteiger partial charge in [-0.3, -0.25) is 19.3 Å². The Morgan fingerprint density at radius 2 is 1.83 bits per heavy atom. The molecule has 2 aliphatic heterocycles. The van der Waals surface area contributed by atoms with Crippen molar-refractivity contribution < 1.29 is 19.1 Å². The van der Waals surface area contributed by atoms with Gasteiger partial charge in [0.2, 0.25) is 11.8 Å². The molecule has 0 spiro atoms. The maximum Gasteiger partial charge on any atom is 0.260 e. The number of benzene rings is 2. The summed E-state index contributed by atoms with van der Waals surface area (Å²) in [5.74, 6) is -0.824. The maximum absolute atomic E-state index is 13.6. The van der Waals surface area contributed by atoms with E-state index in [2.05, 4.69) is 4.90 Å². The Balaban J connectivity index is 1.57. The molecule has 0 atom stereocenters. The Kier molecular flexibility index (Phi) is 7.93. The van der Waals surface area contributed by atoms with E-state index in [0.29, 0.717) is 29.4 Å². The standard InChI is InChI=1S/C26H31ClN4O4/c1-28(13-14-35-2)24(32)17-30-16-19-7-3-4-8-23(19)31(18-25(30)33)26(34)21-10-9-20(15-22(21)27)29-11-5-6-12-29/h3-4,7-10,15H,5-6,11-14,16-18H2,1-2H3. The average molecular weight is 499 g/mol. The number of nitrogens with zero attached hydrogens (tertiary/aromatic N) is 4. The van der Waals surface area contributed by atoms with Gasteiger partial charge >= 0.3 is 0 Å². The number of hydrogen-bond donors (Lipinski definition) is 0. The van der Waals surface area contributed by atoms with Crippen molar-refractivity contribution in [1.82, 2.24) is 9.80 Å². The molecule has 2 heterocycles. The van der Waals surface area contributed by atoms with E-state index in [1.54, 1.807) is 20.2 Å². The van der Waals surface area contributed by atoms with Crippen LogP contribution in [-0.4, -0.2) is 81.0 Å². The van der Waals surface area contributed by atoms with E-state index in [9.17, 15) is 14.4 Å². The lowest BCUT2D eigenvalue weighted by Gasteiger charge is -2.25. The van der Waals surface area contributed by atoms with Crippen LogP contribution in [0.4, 0.5) is 11.4 Å². The number of anilines is 2. The highest BCUT2D eigenvalue weighted by Gasteiger charge is 2.32. The third kappa shape index (κ3) is 5.60. The van der Waals surface area contributed by atoms with E-state index >= 15 is 0 Å². The number of hydrogen-bond acceptors (Lipinski definition) is 5. The lowest BCUT2D eigenvalue weighted by molar-refractivity contribution is -0.139. The minimum Gasteiger partial charge on any atom is -0.383 e. The van der Waals surface area contributed by atoms with Gasteiger partial charge in [-0.25, -0.2) is 0 Å². The Hall–Kier alpha value is -3.10. The molecule has 3 amide bonds. The van der Waals surface area contributed by atoms with E-state index < -0.39 is 0 Å². The molecule has 1 saturated heterocycles. The second kappa shape index (κ2) is 11.1. The molecule has 0 radical (unpaired) electrons. The Labute approximate surface area is 211 Å². The molecule has 4 rings (SSSR count). The molecule has 1 fully saturated rings. The summed E-state index contributed by atoms with van der Waals surface area (Å²) in [6, 6.07) is 12.9. The van der Waals surface area contributed by atoms with E-state index in [-0.39, 0.29) is 37.4 Å². The van der Waals surface area contributed by atoms with Crippen LogP contribution >= 0.6 is 11.6 Å². The maximum atomic E-state index is 13.6. The molecule has 0 unspecified atom stereocenters. The SMILES string of the molecule is COCCN(C)C(=O)CN1Cc2ccccc2N(C(=O)c2ccc(N3CCCC3)cc2Cl)CC1=O. The van der Waals surface area contributed by atoms with Crippen LogP contribution in [0.3, 0.4) is 0 Å². The molecule has 0 saturated carbocycles. The first-order chi connectivity index (χ1) is 16.9. The molecule has 0 aliphatic carbocycles. The molecule has 8 nitrogen and oxygen atoms in total. The van der Waals surface area contributed by atoms with Crippen molar-refractivity contribution in [2.45, 2.75) is 19.4 Å². The normalized spacial score (nSPS) is 15.7. The van der Waals surface area contributed by atoms with Gasteiger partial charge in [-0.05, 0) is 42.7 Å². The lowest BCUT2D eigenvalue weighted by atomic mass is 10.1. The van der Waals surface area contributed by atoms with Crippen molar-refractivity contribution in [2.75, 3.05) is 63.3 Å². The molecule has 0 bridgehead atoms. The van der Waals surface area contributed by atoms with Crippen LogP contribution in [0.25, 0.3) is 0 Å². The molecular formula is C26H31ClN4O4. The molecule has 2 aromatic rings. The van der Waals surface area contributed by atoms with Crippen molar-refractivity contribution >= 4 is 40.7 Å². The molecular weight excluding hydrogens is 468 g/mol. The number of para-hydroxylation sites is 1. The van der Waals surface area contributed by atoms with Gasteiger partial charge < -0.3 is 19.4 Å². The minimum atomic E-state index is -0.339. The Bertz CT molecular complexity index is 1100. The molecule has 2 aliphatic rings. The van der Waals surface area contributed by atoms with E-state index in [1.165, 1.54) is 14.7 Å². The Morgan fingerprint density at radius 3 is 2.54 bits per heavy atom. The van der Waals surface area contributed by atoms with Gasteiger partial charge in [0.25, 0.3) is 5.91 Å². The number of amides is 3. The first-order valence-corrected chi connectivity index (χ1v) is 12.2. The number of ether oxygens (including phenoxy) is 1. The monoisotopic (exact) mass is 498 g/mol. The fourth-order valence-electron chi connectivity index (χ4n) is 4.48. The quantitative estimate of drug-likeness (QED) is 0.586. The van der Waals surface area contributed by atoms with Crippen molar-refractivity contribution in [1.29, 1.82) is 0 Å². The largest absolute Gasteiger partial charge is 0.383 e. The fraction of sp³-hybridized carbons (Fsp3) is 0.423. The predicted molar refractivity (Wildman–Crippen MR) is 136 cm³/mol. The summed E-state index contributed by atoms with van der Waals surface area (Å²) in [7, 11) is 3.26. The zero-order valence-electron chi connectivity index (χ0n) is 20.2. The van der Waals surface area contributed by atoms with Crippen molar-refractivity contribution in [3.63, 3.8) is 0 Å². The minimum absolute atomic E-state index is 0.0687. The van der Waals surface area contributed by atoms with Crippen molar-refractivity contribution in [2.24, 2.45) is 0 Å². The molecule has 0 N–H and O–H groups in total. The van der Waals surface area contributed by atoms with Crippen LogP contribution in [0.2, 0.25) is 5.02 Å². The fourth-order valence-corrected chi connectivity index (χ4v) is 4.73. The number of fused-ring (bicyclic) bond motifs is 1. The first-order valence-electron chi connectivity index (χ1n) is 11.8. The second-order valence-electron chi connectivity index (χ2n) is 8.94. The summed E-state index contributed by atoms with van der Waals surface area (Å²) in [5, 5.41) is 0.361. The van der Waals surface area contributed by atoms with E-state index in [0.717, 1.165) is 37.2 Å². The summed E-state index contributed by atoms with van der Waals surface area (Å²) in [6.07, 6.45) is 2.29.